The molecule has 1 aliphatic rings. The van der Waals surface area contributed by atoms with Crippen molar-refractivity contribution in [2.24, 2.45) is 0 Å². The van der Waals surface area contributed by atoms with E-state index in [1.807, 2.05) is 24.3 Å². The molecule has 0 heterocycles. The van der Waals surface area contributed by atoms with Crippen LogP contribution in [0, 0.1) is 6.92 Å². The molecule has 0 heteroatoms. The zero-order valence-corrected chi connectivity index (χ0v) is 11.9. The minimum atomic E-state index is 1.03. The maximum atomic E-state index is 2.18. The summed E-state index contributed by atoms with van der Waals surface area (Å²) < 4.78 is 0. The summed E-state index contributed by atoms with van der Waals surface area (Å²) in [6.45, 7) is 2.08. The molecular weight excluding hydrogens is 240 g/mol. The Morgan fingerprint density at radius 3 is 2.00 bits per heavy atom. The van der Waals surface area contributed by atoms with Crippen molar-refractivity contribution in [3.8, 4) is 0 Å². The molecule has 2 aromatic rings. The summed E-state index contributed by atoms with van der Waals surface area (Å²) >= 11 is 0. The van der Waals surface area contributed by atoms with Gasteiger partial charge in [0.05, 0.1) is 0 Å². The van der Waals surface area contributed by atoms with Crippen LogP contribution in [0.2, 0.25) is 0 Å². The van der Waals surface area contributed by atoms with Crippen molar-refractivity contribution in [2.75, 3.05) is 0 Å². The molecule has 20 heavy (non-hydrogen) atoms. The maximum absolute atomic E-state index is 2.18. The maximum Gasteiger partial charge on any atom is -0.0163 e. The summed E-state index contributed by atoms with van der Waals surface area (Å²) in [4.78, 5) is 0. The van der Waals surface area contributed by atoms with Crippen LogP contribution in [-0.2, 0) is 0 Å². The molecule has 0 nitrogen and oxygen atoms in total. The second kappa shape index (κ2) is 7.96. The molecular formula is C20H20. The highest BCUT2D eigenvalue weighted by Gasteiger charge is 1.95. The van der Waals surface area contributed by atoms with E-state index >= 15 is 0 Å². The molecule has 0 radical (unpaired) electrons. The van der Waals surface area contributed by atoms with Crippen molar-refractivity contribution in [1.29, 1.82) is 0 Å². The molecule has 0 aliphatic heterocycles. The van der Waals surface area contributed by atoms with Gasteiger partial charge in [0.25, 0.3) is 0 Å². The average molecular weight is 260 g/mol. The van der Waals surface area contributed by atoms with Gasteiger partial charge in [-0.05, 0) is 24.5 Å². The number of benzene rings is 2. The van der Waals surface area contributed by atoms with Crippen LogP contribution in [0.15, 0.2) is 91.0 Å². The SMILES string of the molecule is C1=CCC=CC(c2ccccc2)=C1.Cc1ccccc1. The highest BCUT2D eigenvalue weighted by atomic mass is 14.0. The fourth-order valence-corrected chi connectivity index (χ4v) is 1.94. The van der Waals surface area contributed by atoms with E-state index in [-0.39, 0.29) is 0 Å². The molecule has 3 rings (SSSR count). The summed E-state index contributed by atoms with van der Waals surface area (Å²) in [6.07, 6.45) is 11.8. The lowest BCUT2D eigenvalue weighted by Gasteiger charge is -1.99. The molecule has 0 fully saturated rings. The molecule has 0 N–H and O–H groups in total. The molecule has 0 unspecified atom stereocenters. The number of rotatable bonds is 1. The fourth-order valence-electron chi connectivity index (χ4n) is 1.94. The molecule has 0 aromatic heterocycles. The first kappa shape index (κ1) is 14.1. The van der Waals surface area contributed by atoms with E-state index in [1.165, 1.54) is 16.7 Å². The van der Waals surface area contributed by atoms with Gasteiger partial charge in [0.2, 0.25) is 0 Å². The lowest BCUT2D eigenvalue weighted by atomic mass is 10.1. The van der Waals surface area contributed by atoms with Crippen molar-refractivity contribution in [3.63, 3.8) is 0 Å². The van der Waals surface area contributed by atoms with Gasteiger partial charge in [-0.3, -0.25) is 0 Å². The van der Waals surface area contributed by atoms with Crippen molar-refractivity contribution in [2.45, 2.75) is 13.3 Å². The van der Waals surface area contributed by atoms with Gasteiger partial charge < -0.3 is 0 Å². The Labute approximate surface area is 121 Å². The van der Waals surface area contributed by atoms with E-state index in [9.17, 15) is 0 Å². The Morgan fingerprint density at radius 1 is 0.750 bits per heavy atom. The highest BCUT2D eigenvalue weighted by molar-refractivity contribution is 5.75. The number of allylic oxidation sites excluding steroid dienone is 6. The van der Waals surface area contributed by atoms with Crippen LogP contribution >= 0.6 is 0 Å². The van der Waals surface area contributed by atoms with E-state index in [0.717, 1.165) is 6.42 Å². The van der Waals surface area contributed by atoms with E-state index in [4.69, 9.17) is 0 Å². The first-order valence-electron chi connectivity index (χ1n) is 6.97. The lowest BCUT2D eigenvalue weighted by Crippen LogP contribution is -1.77. The third-order valence-corrected chi connectivity index (χ3v) is 3.03. The quantitative estimate of drug-likeness (QED) is 0.627. The van der Waals surface area contributed by atoms with E-state index in [1.54, 1.807) is 0 Å². The molecule has 0 atom stereocenters. The molecule has 0 saturated carbocycles. The Kier molecular flexibility index (Phi) is 5.60. The fraction of sp³-hybridized carbons (Fsp3) is 0.100. The Bertz CT molecular complexity index is 586. The van der Waals surface area contributed by atoms with Crippen molar-refractivity contribution in [1.82, 2.24) is 0 Å². The van der Waals surface area contributed by atoms with Gasteiger partial charge in [-0.1, -0.05) is 96.6 Å². The van der Waals surface area contributed by atoms with Crippen LogP contribution in [-0.4, -0.2) is 0 Å². The normalized spacial score (nSPS) is 12.9. The predicted octanol–water partition coefficient (Wildman–Crippen LogP) is 5.58. The van der Waals surface area contributed by atoms with E-state index < -0.39 is 0 Å². The van der Waals surface area contributed by atoms with Gasteiger partial charge in [-0.2, -0.15) is 0 Å². The summed E-state index contributed by atoms with van der Waals surface area (Å²) in [5, 5.41) is 0. The van der Waals surface area contributed by atoms with Gasteiger partial charge in [-0.25, -0.2) is 0 Å². The minimum Gasteiger partial charge on any atom is -0.0807 e. The molecule has 100 valence electrons. The Balaban J connectivity index is 0.000000178. The smallest absolute Gasteiger partial charge is 0.0163 e. The van der Waals surface area contributed by atoms with Crippen LogP contribution in [0.4, 0.5) is 0 Å². The molecule has 0 amide bonds. The third-order valence-electron chi connectivity index (χ3n) is 3.03. The zero-order chi connectivity index (χ0) is 14.0. The van der Waals surface area contributed by atoms with Crippen LogP contribution in [0.25, 0.3) is 5.57 Å². The van der Waals surface area contributed by atoms with Crippen LogP contribution in [0.5, 0.6) is 0 Å². The van der Waals surface area contributed by atoms with Gasteiger partial charge in [0.1, 0.15) is 0 Å². The summed E-state index contributed by atoms with van der Waals surface area (Å²) in [7, 11) is 0. The van der Waals surface area contributed by atoms with Gasteiger partial charge in [0, 0.05) is 0 Å². The molecule has 2 aromatic carbocycles. The molecule has 1 aliphatic carbocycles. The standard InChI is InChI=1S/C13H12.C7H8/c1-2-5-9-12(8-4-1)13-10-6-3-7-11-13;1-7-5-3-2-4-6-7/h1,3-11H,2H2;2-6H,1H3. The largest absolute Gasteiger partial charge is 0.0807 e. The van der Waals surface area contributed by atoms with Gasteiger partial charge >= 0.3 is 0 Å². The summed E-state index contributed by atoms with van der Waals surface area (Å²) in [5.74, 6) is 0. The van der Waals surface area contributed by atoms with Crippen LogP contribution < -0.4 is 0 Å². The zero-order valence-electron chi connectivity index (χ0n) is 11.9. The molecule has 0 bridgehead atoms. The second-order valence-corrected chi connectivity index (χ2v) is 4.71. The number of hydrogen-bond donors (Lipinski definition) is 0. The number of hydrogen-bond acceptors (Lipinski definition) is 0. The lowest BCUT2D eigenvalue weighted by molar-refractivity contribution is 1.41. The van der Waals surface area contributed by atoms with Crippen LogP contribution in [0.1, 0.15) is 17.5 Å². The van der Waals surface area contributed by atoms with Crippen molar-refractivity contribution >= 4 is 5.57 Å². The van der Waals surface area contributed by atoms with E-state index in [0.29, 0.717) is 0 Å². The van der Waals surface area contributed by atoms with E-state index in [2.05, 4.69) is 73.7 Å². The Hall–Kier alpha value is -2.34. The monoisotopic (exact) mass is 260 g/mol. The van der Waals surface area contributed by atoms with Crippen LogP contribution in [0.3, 0.4) is 0 Å². The molecule has 0 spiro atoms. The third kappa shape index (κ3) is 4.74. The first-order chi connectivity index (χ1) is 9.86. The molecule has 0 saturated heterocycles. The first-order valence-corrected chi connectivity index (χ1v) is 6.97. The second-order valence-electron chi connectivity index (χ2n) is 4.71. The highest BCUT2D eigenvalue weighted by Crippen LogP contribution is 2.17. The average Bonchev–Trinajstić information content (AvgIpc) is 2.79. The topological polar surface area (TPSA) is 0 Å². The minimum absolute atomic E-state index is 1.03. The van der Waals surface area contributed by atoms with Gasteiger partial charge in [-0.15, -0.1) is 0 Å². The summed E-state index contributed by atoms with van der Waals surface area (Å²) in [6, 6.07) is 20.7. The predicted molar refractivity (Wildman–Crippen MR) is 88.5 cm³/mol. The summed E-state index contributed by atoms with van der Waals surface area (Å²) in [5.41, 5.74) is 3.89. The van der Waals surface area contributed by atoms with Crippen molar-refractivity contribution < 1.29 is 0 Å². The number of aryl methyl sites for hydroxylation is 1. The Morgan fingerprint density at radius 2 is 1.40 bits per heavy atom. The van der Waals surface area contributed by atoms with Crippen molar-refractivity contribution in [3.05, 3.63) is 102 Å². The van der Waals surface area contributed by atoms with Gasteiger partial charge in [0.15, 0.2) is 0 Å².